The van der Waals surface area contributed by atoms with E-state index in [4.69, 9.17) is 4.42 Å². The van der Waals surface area contributed by atoms with Crippen LogP contribution in [-0.2, 0) is 11.3 Å². The molecule has 1 aromatic heterocycles. The van der Waals surface area contributed by atoms with Crippen molar-refractivity contribution < 1.29 is 19.1 Å². The molecule has 1 atom stereocenters. The second kappa shape index (κ2) is 16.1. The summed E-state index contributed by atoms with van der Waals surface area (Å²) in [4.78, 5) is 25.1. The van der Waals surface area contributed by atoms with E-state index >= 15 is 0 Å². The van der Waals surface area contributed by atoms with Gasteiger partial charge in [0, 0.05) is 18.7 Å². The number of nitrogens with one attached hydrogen (secondary N) is 2. The molecule has 0 aliphatic rings. The molecule has 6 nitrogen and oxygen atoms in total. The van der Waals surface area contributed by atoms with Crippen LogP contribution in [0.2, 0.25) is 0 Å². The van der Waals surface area contributed by atoms with Crippen molar-refractivity contribution in [2.75, 3.05) is 18.6 Å². The van der Waals surface area contributed by atoms with Crippen LogP contribution in [0.25, 0.3) is 22.8 Å². The van der Waals surface area contributed by atoms with E-state index in [-0.39, 0.29) is 24.8 Å². The predicted molar refractivity (Wildman–Crippen MR) is 170 cm³/mol. The zero-order valence-electron chi connectivity index (χ0n) is 22.7. The average Bonchev–Trinajstić information content (AvgIpc) is 3.48. The molecule has 41 heavy (non-hydrogen) atoms. The second-order valence-corrected chi connectivity index (χ2v) is 10.5. The van der Waals surface area contributed by atoms with Crippen molar-refractivity contribution in [3.05, 3.63) is 119 Å². The Morgan fingerprint density at radius 1 is 0.976 bits per heavy atom. The van der Waals surface area contributed by atoms with Gasteiger partial charge in [-0.2, -0.15) is 11.8 Å². The number of carbonyl (C=O) groups excluding carboxylic acids is 1. The molecular formula is C33H35LiN2O4S. The minimum absolute atomic E-state index is 0. The second-order valence-electron chi connectivity index (χ2n) is 9.50. The van der Waals surface area contributed by atoms with E-state index in [9.17, 15) is 14.7 Å². The van der Waals surface area contributed by atoms with Gasteiger partial charge in [0.15, 0.2) is 0 Å². The first kappa shape index (κ1) is 32.0. The van der Waals surface area contributed by atoms with Crippen molar-refractivity contribution in [1.29, 1.82) is 0 Å². The summed E-state index contributed by atoms with van der Waals surface area (Å²) in [7, 11) is 0. The molecule has 1 heterocycles. The standard InChI is InChI=1S/C33H34N2O4S.Li.H/c1-23-9-6-7-13-28(23)30-19-24(14-15-29(30)32(36)35-31(33(37)38)16-18-40-2)21-34-22-26(20-27-12-8-17-39-27)25-10-4-3-5-11-25;;/h3-15,17,19-20,31,34H,16,18,21-22H2,1-2H3,(H,35,36)(H,37,38);;/t31-;;/m0../s1. The number of furan rings is 1. The number of aliphatic carboxylic acids is 1. The van der Waals surface area contributed by atoms with Gasteiger partial charge in [-0.15, -0.1) is 0 Å². The number of carboxylic acids is 1. The zero-order valence-corrected chi connectivity index (χ0v) is 23.5. The fourth-order valence-corrected chi connectivity index (χ4v) is 4.97. The molecule has 0 radical (unpaired) electrons. The molecule has 0 spiro atoms. The summed E-state index contributed by atoms with van der Waals surface area (Å²) in [5, 5.41) is 15.9. The Labute approximate surface area is 257 Å². The number of benzene rings is 3. The van der Waals surface area contributed by atoms with Gasteiger partial charge in [-0.05, 0) is 89.1 Å². The van der Waals surface area contributed by atoms with Crippen molar-refractivity contribution in [2.45, 2.75) is 25.9 Å². The first-order valence-electron chi connectivity index (χ1n) is 13.2. The van der Waals surface area contributed by atoms with Gasteiger partial charge in [-0.1, -0.05) is 60.7 Å². The van der Waals surface area contributed by atoms with Crippen LogP contribution in [0.1, 0.15) is 39.2 Å². The molecule has 3 N–H and O–H groups in total. The third kappa shape index (κ3) is 9.01. The van der Waals surface area contributed by atoms with Crippen LogP contribution in [0.4, 0.5) is 0 Å². The Bertz CT molecular complexity index is 1460. The van der Waals surface area contributed by atoms with E-state index in [0.717, 1.165) is 39.2 Å². The van der Waals surface area contributed by atoms with Crippen LogP contribution in [0.15, 0.2) is 95.6 Å². The predicted octanol–water partition coefficient (Wildman–Crippen LogP) is 5.87. The van der Waals surface area contributed by atoms with Gasteiger partial charge in [-0.3, -0.25) is 4.79 Å². The fourth-order valence-electron chi connectivity index (χ4n) is 4.50. The van der Waals surface area contributed by atoms with E-state index in [1.165, 1.54) is 0 Å². The van der Waals surface area contributed by atoms with E-state index in [0.29, 0.717) is 30.8 Å². The number of aryl methyl sites for hydroxylation is 1. The summed E-state index contributed by atoms with van der Waals surface area (Å²) in [6.45, 7) is 3.20. The van der Waals surface area contributed by atoms with Crippen molar-refractivity contribution in [3.63, 3.8) is 0 Å². The molecule has 0 aliphatic heterocycles. The van der Waals surface area contributed by atoms with E-state index < -0.39 is 12.0 Å². The molecule has 0 fully saturated rings. The van der Waals surface area contributed by atoms with Crippen LogP contribution in [0.5, 0.6) is 0 Å². The zero-order chi connectivity index (χ0) is 28.3. The third-order valence-corrected chi connectivity index (χ3v) is 7.27. The minimum atomic E-state index is -1.03. The first-order chi connectivity index (χ1) is 19.5. The molecule has 0 aliphatic carbocycles. The summed E-state index contributed by atoms with van der Waals surface area (Å²) in [6.07, 6.45) is 5.97. The normalized spacial score (nSPS) is 11.9. The molecule has 8 heteroatoms. The summed E-state index contributed by atoms with van der Waals surface area (Å²) >= 11 is 1.55. The van der Waals surface area contributed by atoms with E-state index in [1.807, 2.05) is 86.0 Å². The van der Waals surface area contributed by atoms with Gasteiger partial charge in [-0.25, -0.2) is 4.79 Å². The monoisotopic (exact) mass is 562 g/mol. The molecule has 208 valence electrons. The molecule has 0 bridgehead atoms. The molecule has 0 saturated carbocycles. The number of hydrogen-bond donors (Lipinski definition) is 3. The molecule has 0 unspecified atom stereocenters. The Morgan fingerprint density at radius 3 is 2.41 bits per heavy atom. The first-order valence-corrected chi connectivity index (χ1v) is 14.6. The van der Waals surface area contributed by atoms with Gasteiger partial charge in [0.25, 0.3) is 5.91 Å². The Kier molecular flexibility index (Phi) is 12.6. The molecule has 3 aromatic carbocycles. The van der Waals surface area contributed by atoms with Crippen LogP contribution < -0.4 is 10.6 Å². The average molecular weight is 563 g/mol. The van der Waals surface area contributed by atoms with Gasteiger partial charge < -0.3 is 20.2 Å². The van der Waals surface area contributed by atoms with Crippen molar-refractivity contribution in [1.82, 2.24) is 10.6 Å². The van der Waals surface area contributed by atoms with Crippen LogP contribution in [0, 0.1) is 6.92 Å². The van der Waals surface area contributed by atoms with Crippen LogP contribution >= 0.6 is 11.8 Å². The maximum atomic E-state index is 13.3. The Hall–Kier alpha value is -3.47. The third-order valence-electron chi connectivity index (χ3n) is 6.63. The number of carboxylic acid groups (broad SMARTS) is 1. The van der Waals surface area contributed by atoms with Gasteiger partial charge >= 0.3 is 24.8 Å². The molecule has 4 aromatic rings. The van der Waals surface area contributed by atoms with E-state index in [2.05, 4.69) is 22.8 Å². The summed E-state index contributed by atoms with van der Waals surface area (Å²) in [5.41, 5.74) is 6.41. The number of amides is 1. The quantitative estimate of drug-likeness (QED) is 0.177. The summed E-state index contributed by atoms with van der Waals surface area (Å²) in [5.74, 6) is 0.0119. The SMILES string of the molecule is CSCC[C@H](NC(=O)c1ccc(CNCC(=Cc2ccco2)c2ccccc2)cc1-c1ccccc1C)C(=O)O.[LiH]. The molecule has 0 saturated heterocycles. The number of rotatable bonds is 13. The number of carbonyl (C=O) groups is 2. The van der Waals surface area contributed by atoms with Crippen molar-refractivity contribution in [3.8, 4) is 11.1 Å². The van der Waals surface area contributed by atoms with Gasteiger partial charge in [0.2, 0.25) is 0 Å². The van der Waals surface area contributed by atoms with E-state index in [1.54, 1.807) is 24.1 Å². The number of thioether (sulfide) groups is 1. The van der Waals surface area contributed by atoms with Crippen LogP contribution in [0.3, 0.4) is 0 Å². The Balaban J connectivity index is 0.00000462. The topological polar surface area (TPSA) is 91.6 Å². The maximum absolute atomic E-state index is 13.3. The summed E-state index contributed by atoms with van der Waals surface area (Å²) < 4.78 is 5.55. The Morgan fingerprint density at radius 2 is 1.73 bits per heavy atom. The van der Waals surface area contributed by atoms with Gasteiger partial charge in [0.1, 0.15) is 11.8 Å². The summed E-state index contributed by atoms with van der Waals surface area (Å²) in [6, 6.07) is 26.6. The van der Waals surface area contributed by atoms with Crippen molar-refractivity contribution >= 4 is 54.1 Å². The van der Waals surface area contributed by atoms with Gasteiger partial charge in [0.05, 0.1) is 6.26 Å². The van der Waals surface area contributed by atoms with Crippen molar-refractivity contribution in [2.24, 2.45) is 0 Å². The van der Waals surface area contributed by atoms with Crippen LogP contribution in [-0.4, -0.2) is 60.4 Å². The molecular weight excluding hydrogens is 527 g/mol. The molecule has 1 amide bonds. The fraction of sp³-hybridized carbons (Fsp3) is 0.212. The molecule has 4 rings (SSSR count). The number of hydrogen-bond acceptors (Lipinski definition) is 5.